The van der Waals surface area contributed by atoms with Crippen LogP contribution in [-0.2, 0) is 9.59 Å². The van der Waals surface area contributed by atoms with E-state index in [9.17, 15) is 9.59 Å². The quantitative estimate of drug-likeness (QED) is 0.669. The molecule has 2 aliphatic carbocycles. The van der Waals surface area contributed by atoms with Gasteiger partial charge >= 0.3 is 0 Å². The van der Waals surface area contributed by atoms with Crippen LogP contribution < -0.4 is 16.4 Å². The molecule has 2 unspecified atom stereocenters. The van der Waals surface area contributed by atoms with E-state index in [1.54, 1.807) is 6.92 Å². The molecule has 0 bridgehead atoms. The molecule has 2 aliphatic rings. The first-order valence-corrected chi connectivity index (χ1v) is 8.76. The van der Waals surface area contributed by atoms with Gasteiger partial charge in [0.1, 0.15) is 6.04 Å². The molecule has 126 valence electrons. The highest BCUT2D eigenvalue weighted by atomic mass is 16.2. The fourth-order valence-electron chi connectivity index (χ4n) is 3.45. The van der Waals surface area contributed by atoms with Crippen LogP contribution in [0.1, 0.15) is 65.2 Å². The van der Waals surface area contributed by atoms with E-state index in [-0.39, 0.29) is 17.4 Å². The van der Waals surface area contributed by atoms with Crippen LogP contribution >= 0.6 is 0 Å². The number of rotatable bonds is 7. The highest BCUT2D eigenvalue weighted by Gasteiger charge is 2.42. The Balaban J connectivity index is 1.76. The second kappa shape index (κ2) is 7.44. The van der Waals surface area contributed by atoms with E-state index in [2.05, 4.69) is 10.6 Å². The zero-order chi connectivity index (χ0) is 16.2. The molecule has 4 N–H and O–H groups in total. The standard InChI is InChI=1S/C17H31N3O2/c1-12(16(22)20-17(2,11-18)14-8-9-14)19-15(21)10-13-6-4-3-5-7-13/h12-14H,3-11,18H2,1-2H3,(H,19,21)(H,20,22). The lowest BCUT2D eigenvalue weighted by Crippen LogP contribution is -2.57. The zero-order valence-electron chi connectivity index (χ0n) is 14.0. The van der Waals surface area contributed by atoms with E-state index in [4.69, 9.17) is 5.73 Å². The van der Waals surface area contributed by atoms with Crippen molar-refractivity contribution in [3.05, 3.63) is 0 Å². The van der Waals surface area contributed by atoms with Crippen LogP contribution in [0.3, 0.4) is 0 Å². The average Bonchev–Trinajstić information content (AvgIpc) is 3.33. The lowest BCUT2D eigenvalue weighted by atomic mass is 9.87. The van der Waals surface area contributed by atoms with Crippen LogP contribution in [0.2, 0.25) is 0 Å². The number of hydrogen-bond acceptors (Lipinski definition) is 3. The van der Waals surface area contributed by atoms with Crippen LogP contribution in [0.25, 0.3) is 0 Å². The van der Waals surface area contributed by atoms with Gasteiger partial charge in [-0.15, -0.1) is 0 Å². The number of carbonyl (C=O) groups is 2. The largest absolute Gasteiger partial charge is 0.348 e. The minimum atomic E-state index is -0.499. The molecule has 2 saturated carbocycles. The molecule has 0 aromatic carbocycles. The van der Waals surface area contributed by atoms with E-state index < -0.39 is 6.04 Å². The van der Waals surface area contributed by atoms with Crippen molar-refractivity contribution in [1.82, 2.24) is 10.6 Å². The maximum Gasteiger partial charge on any atom is 0.242 e. The molecule has 2 fully saturated rings. The van der Waals surface area contributed by atoms with Crippen LogP contribution in [0.4, 0.5) is 0 Å². The molecule has 5 nitrogen and oxygen atoms in total. The van der Waals surface area contributed by atoms with Gasteiger partial charge in [0.25, 0.3) is 0 Å². The molecular weight excluding hydrogens is 278 g/mol. The van der Waals surface area contributed by atoms with Crippen LogP contribution in [-0.4, -0.2) is 29.9 Å². The summed E-state index contributed by atoms with van der Waals surface area (Å²) in [5, 5.41) is 5.88. The Hall–Kier alpha value is -1.10. The van der Waals surface area contributed by atoms with Crippen molar-refractivity contribution in [3.8, 4) is 0 Å². The topological polar surface area (TPSA) is 84.2 Å². The molecule has 0 spiro atoms. The third-order valence-corrected chi connectivity index (χ3v) is 5.28. The minimum absolute atomic E-state index is 0.00424. The summed E-state index contributed by atoms with van der Waals surface area (Å²) < 4.78 is 0. The molecule has 22 heavy (non-hydrogen) atoms. The molecule has 5 heteroatoms. The van der Waals surface area contributed by atoms with Gasteiger partial charge in [-0.05, 0) is 51.4 Å². The van der Waals surface area contributed by atoms with Gasteiger partial charge in [-0.3, -0.25) is 9.59 Å². The Labute approximate surface area is 133 Å². The summed E-state index contributed by atoms with van der Waals surface area (Å²) >= 11 is 0. The number of carbonyl (C=O) groups excluding carboxylic acids is 2. The van der Waals surface area contributed by atoms with Gasteiger partial charge in [-0.2, -0.15) is 0 Å². The summed E-state index contributed by atoms with van der Waals surface area (Å²) in [7, 11) is 0. The Morgan fingerprint density at radius 1 is 1.18 bits per heavy atom. The number of nitrogens with one attached hydrogen (secondary N) is 2. The Morgan fingerprint density at radius 3 is 2.36 bits per heavy atom. The summed E-state index contributed by atoms with van der Waals surface area (Å²) in [4.78, 5) is 24.4. The molecule has 2 atom stereocenters. The minimum Gasteiger partial charge on any atom is -0.348 e. The molecule has 0 heterocycles. The molecule has 0 aromatic heterocycles. The number of hydrogen-bond donors (Lipinski definition) is 3. The van der Waals surface area contributed by atoms with E-state index in [1.165, 1.54) is 19.3 Å². The third-order valence-electron chi connectivity index (χ3n) is 5.28. The first-order valence-electron chi connectivity index (χ1n) is 8.76. The predicted octanol–water partition coefficient (Wildman–Crippen LogP) is 1.71. The smallest absolute Gasteiger partial charge is 0.242 e. The van der Waals surface area contributed by atoms with Gasteiger partial charge in [0, 0.05) is 13.0 Å². The van der Waals surface area contributed by atoms with Crippen molar-refractivity contribution in [3.63, 3.8) is 0 Å². The summed E-state index contributed by atoms with van der Waals surface area (Å²) in [5.41, 5.74) is 5.49. The summed E-state index contributed by atoms with van der Waals surface area (Å²) in [6.07, 6.45) is 8.81. The summed E-state index contributed by atoms with van der Waals surface area (Å²) in [6.45, 7) is 4.18. The van der Waals surface area contributed by atoms with Gasteiger partial charge in [0.05, 0.1) is 5.54 Å². The molecule has 0 aromatic rings. The first kappa shape index (κ1) is 17.3. The number of amides is 2. The maximum atomic E-state index is 12.3. The van der Waals surface area contributed by atoms with E-state index in [1.807, 2.05) is 6.92 Å². The summed E-state index contributed by atoms with van der Waals surface area (Å²) in [5.74, 6) is 0.837. The van der Waals surface area contributed by atoms with Crippen LogP contribution in [0, 0.1) is 11.8 Å². The normalized spacial score (nSPS) is 23.4. The van der Waals surface area contributed by atoms with Gasteiger partial charge in [-0.25, -0.2) is 0 Å². The highest BCUT2D eigenvalue weighted by molar-refractivity contribution is 5.87. The van der Waals surface area contributed by atoms with Gasteiger partial charge in [-0.1, -0.05) is 19.3 Å². The molecule has 0 radical (unpaired) electrons. The molecule has 0 saturated heterocycles. The van der Waals surface area contributed by atoms with E-state index >= 15 is 0 Å². The maximum absolute atomic E-state index is 12.3. The first-order chi connectivity index (χ1) is 10.4. The molecular formula is C17H31N3O2. The fraction of sp³-hybridized carbons (Fsp3) is 0.882. The third kappa shape index (κ3) is 4.70. The van der Waals surface area contributed by atoms with E-state index in [0.29, 0.717) is 24.8 Å². The zero-order valence-corrected chi connectivity index (χ0v) is 14.0. The van der Waals surface area contributed by atoms with Crippen molar-refractivity contribution in [1.29, 1.82) is 0 Å². The number of nitrogens with two attached hydrogens (primary N) is 1. The van der Waals surface area contributed by atoms with Gasteiger partial charge < -0.3 is 16.4 Å². The van der Waals surface area contributed by atoms with Crippen LogP contribution in [0.15, 0.2) is 0 Å². The Morgan fingerprint density at radius 2 is 1.82 bits per heavy atom. The van der Waals surface area contributed by atoms with E-state index in [0.717, 1.165) is 25.7 Å². The average molecular weight is 309 g/mol. The summed E-state index contributed by atoms with van der Waals surface area (Å²) in [6, 6.07) is -0.499. The monoisotopic (exact) mass is 309 g/mol. The SMILES string of the molecule is CC(NC(=O)CC1CCCCC1)C(=O)NC(C)(CN)C1CC1. The molecule has 2 amide bonds. The Kier molecular flexibility index (Phi) is 5.84. The second-order valence-corrected chi connectivity index (χ2v) is 7.38. The molecule has 0 aliphatic heterocycles. The van der Waals surface area contributed by atoms with Crippen molar-refractivity contribution < 1.29 is 9.59 Å². The van der Waals surface area contributed by atoms with Crippen molar-refractivity contribution >= 4 is 11.8 Å². The Bertz CT molecular complexity index is 403. The van der Waals surface area contributed by atoms with Crippen molar-refractivity contribution in [2.75, 3.05) is 6.54 Å². The van der Waals surface area contributed by atoms with Crippen LogP contribution in [0.5, 0.6) is 0 Å². The van der Waals surface area contributed by atoms with Crippen molar-refractivity contribution in [2.45, 2.75) is 76.8 Å². The lowest BCUT2D eigenvalue weighted by molar-refractivity contribution is -0.130. The predicted molar refractivity (Wildman–Crippen MR) is 87.1 cm³/mol. The second-order valence-electron chi connectivity index (χ2n) is 7.38. The lowest BCUT2D eigenvalue weighted by Gasteiger charge is -2.31. The molecule has 2 rings (SSSR count). The van der Waals surface area contributed by atoms with Gasteiger partial charge in [0.15, 0.2) is 0 Å². The van der Waals surface area contributed by atoms with Gasteiger partial charge in [0.2, 0.25) is 11.8 Å². The fourth-order valence-corrected chi connectivity index (χ4v) is 3.45. The van der Waals surface area contributed by atoms with Crippen molar-refractivity contribution in [2.24, 2.45) is 17.6 Å². The highest BCUT2D eigenvalue weighted by Crippen LogP contribution is 2.39.